The van der Waals surface area contributed by atoms with Crippen LogP contribution in [0.25, 0.3) is 0 Å². The fourth-order valence-electron chi connectivity index (χ4n) is 2.66. The minimum atomic E-state index is -3.41. The van der Waals surface area contributed by atoms with Crippen LogP contribution in [-0.2, 0) is 23.0 Å². The molecule has 0 unspecified atom stereocenters. The SMILES string of the molecule is CN(C)S(=O)(=O)c1cccc(CN(CCN)CCc2ccccc2)c1.Cl. The molecule has 2 N–H and O–H groups in total. The predicted molar refractivity (Wildman–Crippen MR) is 109 cm³/mol. The normalized spacial score (nSPS) is 11.6. The predicted octanol–water partition coefficient (Wildman–Crippen LogP) is 2.36. The standard InChI is InChI=1S/C19H27N3O2S.ClH/c1-21(2)25(23,24)19-10-6-9-18(15-19)16-22(14-12-20)13-11-17-7-4-3-5-8-17;/h3-10,15H,11-14,16,20H2,1-2H3;1H. The lowest BCUT2D eigenvalue weighted by Gasteiger charge is -2.22. The number of benzene rings is 2. The summed E-state index contributed by atoms with van der Waals surface area (Å²) in [4.78, 5) is 2.58. The molecule has 0 heterocycles. The number of nitrogens with two attached hydrogens (primary N) is 1. The molecule has 0 saturated carbocycles. The van der Waals surface area contributed by atoms with Crippen molar-refractivity contribution in [2.24, 2.45) is 5.73 Å². The van der Waals surface area contributed by atoms with Gasteiger partial charge in [0.25, 0.3) is 0 Å². The first-order valence-electron chi connectivity index (χ1n) is 8.41. The van der Waals surface area contributed by atoms with Crippen molar-refractivity contribution in [2.75, 3.05) is 33.7 Å². The van der Waals surface area contributed by atoms with Crippen LogP contribution >= 0.6 is 12.4 Å². The minimum absolute atomic E-state index is 0. The summed E-state index contributed by atoms with van der Waals surface area (Å²) in [6.07, 6.45) is 0.941. The molecule has 0 aliphatic rings. The van der Waals surface area contributed by atoms with Crippen molar-refractivity contribution in [3.05, 3.63) is 65.7 Å². The highest BCUT2D eigenvalue weighted by Gasteiger charge is 2.17. The summed E-state index contributed by atoms with van der Waals surface area (Å²) >= 11 is 0. The van der Waals surface area contributed by atoms with Crippen molar-refractivity contribution in [1.29, 1.82) is 0 Å². The van der Waals surface area contributed by atoms with Crippen LogP contribution in [0.5, 0.6) is 0 Å². The number of hydrogen-bond donors (Lipinski definition) is 1. The highest BCUT2D eigenvalue weighted by molar-refractivity contribution is 7.89. The molecule has 0 aliphatic carbocycles. The topological polar surface area (TPSA) is 66.6 Å². The molecule has 0 saturated heterocycles. The first-order valence-corrected chi connectivity index (χ1v) is 9.85. The Balaban J connectivity index is 0.00000338. The molecule has 2 aromatic rings. The molecule has 0 atom stereocenters. The van der Waals surface area contributed by atoms with E-state index in [4.69, 9.17) is 5.73 Å². The third kappa shape index (κ3) is 6.37. The van der Waals surface area contributed by atoms with Crippen LogP contribution in [0.15, 0.2) is 59.5 Å². The molecule has 0 aliphatic heterocycles. The van der Waals surface area contributed by atoms with Gasteiger partial charge in [-0.2, -0.15) is 0 Å². The van der Waals surface area contributed by atoms with Gasteiger partial charge < -0.3 is 5.73 Å². The van der Waals surface area contributed by atoms with E-state index in [2.05, 4.69) is 17.0 Å². The Morgan fingerprint density at radius 3 is 2.19 bits per heavy atom. The Bertz CT molecular complexity index is 767. The zero-order chi connectivity index (χ0) is 18.3. The summed E-state index contributed by atoms with van der Waals surface area (Å²) < 4.78 is 25.8. The molecule has 2 aromatic carbocycles. The third-order valence-corrected chi connectivity index (χ3v) is 5.90. The largest absolute Gasteiger partial charge is 0.329 e. The van der Waals surface area contributed by atoms with Gasteiger partial charge in [-0.3, -0.25) is 4.90 Å². The van der Waals surface area contributed by atoms with E-state index in [0.29, 0.717) is 18.0 Å². The van der Waals surface area contributed by atoms with Gasteiger partial charge in [0.05, 0.1) is 4.90 Å². The molecular formula is C19H28ClN3O2S. The monoisotopic (exact) mass is 397 g/mol. The van der Waals surface area contributed by atoms with Crippen molar-refractivity contribution >= 4 is 22.4 Å². The first kappa shape index (κ1) is 22.6. The van der Waals surface area contributed by atoms with Gasteiger partial charge in [-0.25, -0.2) is 12.7 Å². The van der Waals surface area contributed by atoms with Gasteiger partial charge >= 0.3 is 0 Å². The van der Waals surface area contributed by atoms with Gasteiger partial charge in [-0.05, 0) is 29.7 Å². The van der Waals surface area contributed by atoms with Crippen molar-refractivity contribution in [1.82, 2.24) is 9.21 Å². The maximum absolute atomic E-state index is 12.3. The minimum Gasteiger partial charge on any atom is -0.329 e. The molecule has 2 rings (SSSR count). The molecule has 5 nitrogen and oxygen atoms in total. The average molecular weight is 398 g/mol. The molecular weight excluding hydrogens is 370 g/mol. The van der Waals surface area contributed by atoms with Crippen LogP contribution in [0.4, 0.5) is 0 Å². The molecule has 0 radical (unpaired) electrons. The van der Waals surface area contributed by atoms with Crippen molar-refractivity contribution < 1.29 is 8.42 Å². The third-order valence-electron chi connectivity index (χ3n) is 4.09. The first-order chi connectivity index (χ1) is 11.9. The molecule has 0 bridgehead atoms. The summed E-state index contributed by atoms with van der Waals surface area (Å²) in [6.45, 7) is 2.91. The summed E-state index contributed by atoms with van der Waals surface area (Å²) in [5, 5.41) is 0. The Morgan fingerprint density at radius 1 is 0.923 bits per heavy atom. The van der Waals surface area contributed by atoms with Crippen LogP contribution in [0, 0.1) is 0 Å². The smallest absolute Gasteiger partial charge is 0.242 e. The number of halogens is 1. The second-order valence-electron chi connectivity index (χ2n) is 6.24. The molecule has 0 spiro atoms. The van der Waals surface area contributed by atoms with Gasteiger partial charge in [0, 0.05) is 40.3 Å². The van der Waals surface area contributed by atoms with E-state index < -0.39 is 10.0 Å². The summed E-state index contributed by atoms with van der Waals surface area (Å²) in [6, 6.07) is 17.5. The Morgan fingerprint density at radius 2 is 1.58 bits per heavy atom. The average Bonchev–Trinajstić information content (AvgIpc) is 2.61. The van der Waals surface area contributed by atoms with E-state index in [0.717, 1.165) is 25.1 Å². The van der Waals surface area contributed by atoms with Crippen LogP contribution in [0.1, 0.15) is 11.1 Å². The number of nitrogens with zero attached hydrogens (tertiary/aromatic N) is 2. The Hall–Kier alpha value is -1.44. The van der Waals surface area contributed by atoms with E-state index in [1.54, 1.807) is 32.3 Å². The molecule has 0 amide bonds. The van der Waals surface area contributed by atoms with E-state index in [-0.39, 0.29) is 12.4 Å². The molecule has 26 heavy (non-hydrogen) atoms. The zero-order valence-electron chi connectivity index (χ0n) is 15.3. The van der Waals surface area contributed by atoms with Crippen LogP contribution in [0.2, 0.25) is 0 Å². The maximum Gasteiger partial charge on any atom is 0.242 e. The van der Waals surface area contributed by atoms with Gasteiger partial charge in [-0.1, -0.05) is 42.5 Å². The molecule has 0 aromatic heterocycles. The van der Waals surface area contributed by atoms with Crippen molar-refractivity contribution in [3.8, 4) is 0 Å². The summed E-state index contributed by atoms with van der Waals surface area (Å²) in [5.41, 5.74) is 8.01. The van der Waals surface area contributed by atoms with E-state index >= 15 is 0 Å². The second kappa shape index (κ2) is 10.6. The van der Waals surface area contributed by atoms with Crippen molar-refractivity contribution in [2.45, 2.75) is 17.9 Å². The Labute approximate surface area is 163 Å². The highest BCUT2D eigenvalue weighted by atomic mass is 35.5. The quantitative estimate of drug-likeness (QED) is 0.705. The second-order valence-corrected chi connectivity index (χ2v) is 8.39. The molecule has 144 valence electrons. The zero-order valence-corrected chi connectivity index (χ0v) is 17.0. The van der Waals surface area contributed by atoms with Crippen molar-refractivity contribution in [3.63, 3.8) is 0 Å². The van der Waals surface area contributed by atoms with E-state index in [9.17, 15) is 8.42 Å². The fraction of sp³-hybridized carbons (Fsp3) is 0.368. The Kier molecular flexibility index (Phi) is 9.25. The number of rotatable bonds is 9. The van der Waals surface area contributed by atoms with Crippen LogP contribution in [-0.4, -0.2) is 51.4 Å². The fourth-order valence-corrected chi connectivity index (χ4v) is 3.63. The molecule has 0 fully saturated rings. The lowest BCUT2D eigenvalue weighted by Crippen LogP contribution is -2.31. The highest BCUT2D eigenvalue weighted by Crippen LogP contribution is 2.16. The maximum atomic E-state index is 12.3. The van der Waals surface area contributed by atoms with E-state index in [1.807, 2.05) is 24.3 Å². The van der Waals surface area contributed by atoms with Crippen LogP contribution < -0.4 is 5.73 Å². The summed E-state index contributed by atoms with van der Waals surface area (Å²) in [5.74, 6) is 0. The number of sulfonamides is 1. The lowest BCUT2D eigenvalue weighted by molar-refractivity contribution is 0.276. The van der Waals surface area contributed by atoms with Gasteiger partial charge in [0.1, 0.15) is 0 Å². The van der Waals surface area contributed by atoms with Gasteiger partial charge in [0.2, 0.25) is 10.0 Å². The summed E-state index contributed by atoms with van der Waals surface area (Å²) in [7, 11) is -0.324. The van der Waals surface area contributed by atoms with Gasteiger partial charge in [0.15, 0.2) is 0 Å². The van der Waals surface area contributed by atoms with E-state index in [1.165, 1.54) is 9.87 Å². The number of hydrogen-bond acceptors (Lipinski definition) is 4. The lowest BCUT2D eigenvalue weighted by atomic mass is 10.1. The van der Waals surface area contributed by atoms with Gasteiger partial charge in [-0.15, -0.1) is 12.4 Å². The van der Waals surface area contributed by atoms with Crippen LogP contribution in [0.3, 0.4) is 0 Å². The molecule has 7 heteroatoms.